The summed E-state index contributed by atoms with van der Waals surface area (Å²) in [6, 6.07) is 5.24. The van der Waals surface area contributed by atoms with E-state index in [0.29, 0.717) is 21.9 Å². The van der Waals surface area contributed by atoms with Crippen LogP contribution < -0.4 is 5.56 Å². The number of aryl methyl sites for hydroxylation is 1. The molecule has 0 bridgehead atoms. The molecule has 1 saturated heterocycles. The van der Waals surface area contributed by atoms with E-state index in [1.165, 1.54) is 0 Å². The molecule has 26 heavy (non-hydrogen) atoms. The van der Waals surface area contributed by atoms with Crippen molar-refractivity contribution < 1.29 is 4.74 Å². The monoisotopic (exact) mass is 370 g/mol. The Morgan fingerprint density at radius 2 is 2.23 bits per heavy atom. The highest BCUT2D eigenvalue weighted by atomic mass is 35.5. The molecule has 9 heteroatoms. The fourth-order valence-corrected chi connectivity index (χ4v) is 3.66. The van der Waals surface area contributed by atoms with Crippen LogP contribution >= 0.6 is 11.6 Å². The van der Waals surface area contributed by atoms with Crippen LogP contribution in [0.5, 0.6) is 0 Å². The molecule has 1 unspecified atom stereocenters. The maximum atomic E-state index is 12.8. The lowest BCUT2D eigenvalue weighted by atomic mass is 10.2. The predicted octanol–water partition coefficient (Wildman–Crippen LogP) is 2.27. The van der Waals surface area contributed by atoms with E-state index in [0.717, 1.165) is 30.7 Å². The molecule has 0 amide bonds. The number of halogens is 1. The van der Waals surface area contributed by atoms with Gasteiger partial charge in [-0.3, -0.25) is 13.8 Å². The van der Waals surface area contributed by atoms with Crippen molar-refractivity contribution in [3.05, 3.63) is 51.8 Å². The first-order valence-electron chi connectivity index (χ1n) is 8.33. The molecular weight excluding hydrogens is 356 g/mol. The maximum absolute atomic E-state index is 12.8. The SMILES string of the molecule is Cn1c(=O)c2cc(Cl)ccc2n2cnc(-n3cc(C4CCCO4)nn3)c12. The van der Waals surface area contributed by atoms with Gasteiger partial charge in [-0.25, -0.2) is 4.98 Å². The number of nitrogens with zero attached hydrogens (tertiary/aromatic N) is 6. The van der Waals surface area contributed by atoms with Crippen molar-refractivity contribution in [1.29, 1.82) is 0 Å². The van der Waals surface area contributed by atoms with Crippen LogP contribution in [0.25, 0.3) is 22.4 Å². The molecule has 8 nitrogen and oxygen atoms in total. The van der Waals surface area contributed by atoms with E-state index in [1.54, 1.807) is 34.8 Å². The average molecular weight is 371 g/mol. The molecule has 1 aliphatic heterocycles. The van der Waals surface area contributed by atoms with Gasteiger partial charge >= 0.3 is 0 Å². The molecule has 0 radical (unpaired) electrons. The van der Waals surface area contributed by atoms with Gasteiger partial charge in [0.1, 0.15) is 18.1 Å². The molecule has 132 valence electrons. The number of fused-ring (bicyclic) bond motifs is 3. The smallest absolute Gasteiger partial charge is 0.261 e. The van der Waals surface area contributed by atoms with Gasteiger partial charge in [-0.15, -0.1) is 5.10 Å². The summed E-state index contributed by atoms with van der Waals surface area (Å²) in [5.74, 6) is 0.540. The van der Waals surface area contributed by atoms with E-state index in [2.05, 4.69) is 15.3 Å². The number of hydrogen-bond donors (Lipinski definition) is 0. The molecule has 1 aliphatic rings. The molecule has 5 rings (SSSR count). The van der Waals surface area contributed by atoms with E-state index in [9.17, 15) is 4.79 Å². The van der Waals surface area contributed by atoms with E-state index in [-0.39, 0.29) is 11.7 Å². The summed E-state index contributed by atoms with van der Waals surface area (Å²) in [6.07, 6.45) is 5.42. The second kappa shape index (κ2) is 5.65. The molecule has 3 aromatic heterocycles. The summed E-state index contributed by atoms with van der Waals surface area (Å²) in [7, 11) is 1.71. The first-order valence-corrected chi connectivity index (χ1v) is 8.71. The molecule has 0 spiro atoms. The Hall–Kier alpha value is -2.71. The summed E-state index contributed by atoms with van der Waals surface area (Å²) in [6.45, 7) is 0.744. The molecule has 1 atom stereocenters. The predicted molar refractivity (Wildman–Crippen MR) is 95.8 cm³/mol. The normalized spacial score (nSPS) is 17.5. The van der Waals surface area contributed by atoms with Gasteiger partial charge in [0.05, 0.1) is 17.1 Å². The summed E-state index contributed by atoms with van der Waals surface area (Å²) < 4.78 is 10.7. The Morgan fingerprint density at radius 1 is 1.35 bits per heavy atom. The molecule has 1 aromatic carbocycles. The first-order chi connectivity index (χ1) is 12.6. The van der Waals surface area contributed by atoms with Crippen molar-refractivity contribution in [3.63, 3.8) is 0 Å². The Bertz CT molecular complexity index is 1200. The largest absolute Gasteiger partial charge is 0.372 e. The van der Waals surface area contributed by atoms with E-state index in [4.69, 9.17) is 16.3 Å². The van der Waals surface area contributed by atoms with Crippen LogP contribution in [-0.2, 0) is 11.8 Å². The molecule has 1 fully saturated rings. The molecular formula is C17H15ClN6O2. The zero-order valence-electron chi connectivity index (χ0n) is 14.0. The molecule has 0 N–H and O–H groups in total. The summed E-state index contributed by atoms with van der Waals surface area (Å²) in [4.78, 5) is 17.3. The lowest BCUT2D eigenvalue weighted by Gasteiger charge is -2.08. The second-order valence-electron chi connectivity index (χ2n) is 6.38. The third-order valence-corrected chi connectivity index (χ3v) is 5.02. The lowest BCUT2D eigenvalue weighted by Crippen LogP contribution is -2.20. The van der Waals surface area contributed by atoms with Gasteiger partial charge in [0.2, 0.25) is 0 Å². The van der Waals surface area contributed by atoms with Gasteiger partial charge in [0.15, 0.2) is 11.5 Å². The van der Waals surface area contributed by atoms with Crippen molar-refractivity contribution in [2.75, 3.05) is 6.61 Å². The van der Waals surface area contributed by atoms with Crippen molar-refractivity contribution in [2.45, 2.75) is 18.9 Å². The third kappa shape index (κ3) is 2.19. The van der Waals surface area contributed by atoms with Gasteiger partial charge < -0.3 is 4.74 Å². The number of benzene rings is 1. The number of aromatic nitrogens is 6. The van der Waals surface area contributed by atoms with Crippen LogP contribution in [0.1, 0.15) is 24.6 Å². The van der Waals surface area contributed by atoms with E-state index >= 15 is 0 Å². The van der Waals surface area contributed by atoms with Crippen molar-refractivity contribution in [2.24, 2.45) is 7.05 Å². The van der Waals surface area contributed by atoms with Crippen molar-refractivity contribution in [1.82, 2.24) is 28.9 Å². The topological polar surface area (TPSA) is 79.2 Å². The zero-order valence-corrected chi connectivity index (χ0v) is 14.7. The Balaban J connectivity index is 1.74. The second-order valence-corrected chi connectivity index (χ2v) is 6.81. The van der Waals surface area contributed by atoms with Crippen LogP contribution in [0.4, 0.5) is 0 Å². The minimum Gasteiger partial charge on any atom is -0.372 e. The van der Waals surface area contributed by atoms with Gasteiger partial charge in [-0.2, -0.15) is 4.68 Å². The number of hydrogen-bond acceptors (Lipinski definition) is 5. The summed E-state index contributed by atoms with van der Waals surface area (Å²) in [5.41, 5.74) is 2.01. The quantitative estimate of drug-likeness (QED) is 0.541. The van der Waals surface area contributed by atoms with E-state index in [1.807, 2.05) is 16.7 Å². The molecule has 0 saturated carbocycles. The van der Waals surface area contributed by atoms with Gasteiger partial charge in [-0.05, 0) is 31.0 Å². The minimum absolute atomic E-state index is 0.0237. The molecule has 0 aliphatic carbocycles. The first kappa shape index (κ1) is 15.5. The highest BCUT2D eigenvalue weighted by Crippen LogP contribution is 2.27. The van der Waals surface area contributed by atoms with Crippen LogP contribution in [0, 0.1) is 0 Å². The summed E-state index contributed by atoms with van der Waals surface area (Å²) in [5, 5.41) is 9.47. The third-order valence-electron chi connectivity index (χ3n) is 4.78. The lowest BCUT2D eigenvalue weighted by molar-refractivity contribution is 0.108. The van der Waals surface area contributed by atoms with Gasteiger partial charge in [0, 0.05) is 18.7 Å². The Labute approximate surface area is 152 Å². The van der Waals surface area contributed by atoms with Crippen molar-refractivity contribution >= 4 is 28.2 Å². The Kier molecular flexibility index (Phi) is 3.38. The average Bonchev–Trinajstić information content (AvgIpc) is 3.38. The highest BCUT2D eigenvalue weighted by molar-refractivity contribution is 6.31. The van der Waals surface area contributed by atoms with Crippen LogP contribution in [0.3, 0.4) is 0 Å². The van der Waals surface area contributed by atoms with Gasteiger partial charge in [0.25, 0.3) is 5.56 Å². The standard InChI is InChI=1S/C17H15ClN6O2/c1-22-16-15(24-8-12(20-21-24)14-3-2-6-26-14)19-9-23(16)13-5-4-10(18)7-11(13)17(22)25/h4-5,7-9,14H,2-3,6H2,1H3. The highest BCUT2D eigenvalue weighted by Gasteiger charge is 2.22. The minimum atomic E-state index is -0.142. The Morgan fingerprint density at radius 3 is 3.04 bits per heavy atom. The van der Waals surface area contributed by atoms with Gasteiger partial charge in [-0.1, -0.05) is 16.8 Å². The number of rotatable bonds is 2. The fraction of sp³-hybridized carbons (Fsp3) is 0.294. The van der Waals surface area contributed by atoms with E-state index < -0.39 is 0 Å². The molecule has 4 heterocycles. The molecule has 4 aromatic rings. The number of imidazole rings is 1. The van der Waals surface area contributed by atoms with Crippen LogP contribution in [0.15, 0.2) is 35.5 Å². The van der Waals surface area contributed by atoms with Crippen LogP contribution in [0.2, 0.25) is 5.02 Å². The van der Waals surface area contributed by atoms with Crippen molar-refractivity contribution in [3.8, 4) is 5.82 Å². The fourth-order valence-electron chi connectivity index (χ4n) is 3.49. The maximum Gasteiger partial charge on any atom is 0.261 e. The zero-order chi connectivity index (χ0) is 17.8. The van der Waals surface area contributed by atoms with Crippen LogP contribution in [-0.4, -0.2) is 35.6 Å². The summed E-state index contributed by atoms with van der Waals surface area (Å²) >= 11 is 6.05. The number of ether oxygens (including phenoxy) is 1.